The number of hydrogen-bond acceptors (Lipinski definition) is 4. The molecule has 3 nitrogen and oxygen atoms in total. The van der Waals surface area contributed by atoms with Gasteiger partial charge in [0.25, 0.3) is 0 Å². The Morgan fingerprint density at radius 2 is 2.24 bits per heavy atom. The van der Waals surface area contributed by atoms with E-state index in [1.807, 2.05) is 31.3 Å². The summed E-state index contributed by atoms with van der Waals surface area (Å²) in [5, 5.41) is 0. The Morgan fingerprint density at radius 3 is 2.88 bits per heavy atom. The molecule has 0 atom stereocenters. The Bertz CT molecular complexity index is 498. The maximum Gasteiger partial charge on any atom is 0.0931 e. The number of hydrogen-bond donors (Lipinski definition) is 1. The van der Waals surface area contributed by atoms with Crippen LogP contribution in [0, 0.1) is 0 Å². The van der Waals surface area contributed by atoms with Crippen LogP contribution in [0.3, 0.4) is 0 Å². The second-order valence-corrected chi connectivity index (χ2v) is 5.53. The standard InChI is InChI=1S/C12H14ClN3S/c1-16(8-9-4-5-12(13)17-9)11-3-2-6-15-10(11)7-14/h2-6H,7-8,14H2,1H3. The van der Waals surface area contributed by atoms with E-state index >= 15 is 0 Å². The zero-order chi connectivity index (χ0) is 12.3. The summed E-state index contributed by atoms with van der Waals surface area (Å²) in [5.74, 6) is 0. The molecular formula is C12H14ClN3S. The van der Waals surface area contributed by atoms with Gasteiger partial charge in [0.15, 0.2) is 0 Å². The summed E-state index contributed by atoms with van der Waals surface area (Å²) in [4.78, 5) is 7.64. The van der Waals surface area contributed by atoms with Gasteiger partial charge in [-0.3, -0.25) is 4.98 Å². The number of anilines is 1. The fourth-order valence-electron chi connectivity index (χ4n) is 1.69. The van der Waals surface area contributed by atoms with E-state index in [0.29, 0.717) is 6.54 Å². The van der Waals surface area contributed by atoms with Crippen molar-refractivity contribution in [1.82, 2.24) is 4.98 Å². The maximum absolute atomic E-state index is 5.92. The Labute approximate surface area is 110 Å². The van der Waals surface area contributed by atoms with Gasteiger partial charge >= 0.3 is 0 Å². The summed E-state index contributed by atoms with van der Waals surface area (Å²) in [6, 6.07) is 7.92. The monoisotopic (exact) mass is 267 g/mol. The highest BCUT2D eigenvalue weighted by molar-refractivity contribution is 7.16. The van der Waals surface area contributed by atoms with Crippen molar-refractivity contribution in [3.05, 3.63) is 45.4 Å². The van der Waals surface area contributed by atoms with Crippen LogP contribution in [0.2, 0.25) is 4.34 Å². The van der Waals surface area contributed by atoms with E-state index in [2.05, 4.69) is 9.88 Å². The lowest BCUT2D eigenvalue weighted by molar-refractivity contribution is 0.894. The second-order valence-electron chi connectivity index (χ2n) is 3.74. The molecule has 2 heterocycles. The van der Waals surface area contributed by atoms with Crippen molar-refractivity contribution < 1.29 is 0 Å². The van der Waals surface area contributed by atoms with E-state index in [9.17, 15) is 0 Å². The number of nitrogens with two attached hydrogens (primary N) is 1. The highest BCUT2D eigenvalue weighted by Crippen LogP contribution is 2.25. The molecule has 0 aromatic carbocycles. The molecular weight excluding hydrogens is 254 g/mol. The maximum atomic E-state index is 5.92. The summed E-state index contributed by atoms with van der Waals surface area (Å²) in [6.45, 7) is 1.27. The van der Waals surface area contributed by atoms with Gasteiger partial charge < -0.3 is 10.6 Å². The molecule has 2 aromatic rings. The van der Waals surface area contributed by atoms with Crippen molar-refractivity contribution in [1.29, 1.82) is 0 Å². The van der Waals surface area contributed by atoms with Crippen LogP contribution in [-0.4, -0.2) is 12.0 Å². The molecule has 0 amide bonds. The van der Waals surface area contributed by atoms with E-state index in [0.717, 1.165) is 22.3 Å². The molecule has 0 radical (unpaired) electrons. The van der Waals surface area contributed by atoms with E-state index in [1.165, 1.54) is 4.88 Å². The highest BCUT2D eigenvalue weighted by atomic mass is 35.5. The minimum atomic E-state index is 0.450. The third-order valence-electron chi connectivity index (χ3n) is 2.49. The van der Waals surface area contributed by atoms with Gasteiger partial charge in [-0.15, -0.1) is 11.3 Å². The molecule has 0 saturated heterocycles. The first kappa shape index (κ1) is 12.4. The molecule has 0 unspecified atom stereocenters. The van der Waals surface area contributed by atoms with E-state index < -0.39 is 0 Å². The molecule has 17 heavy (non-hydrogen) atoms. The first-order valence-electron chi connectivity index (χ1n) is 5.30. The van der Waals surface area contributed by atoms with Crippen LogP contribution in [-0.2, 0) is 13.1 Å². The van der Waals surface area contributed by atoms with Crippen LogP contribution >= 0.6 is 22.9 Å². The molecule has 0 fully saturated rings. The van der Waals surface area contributed by atoms with Crippen molar-refractivity contribution in [2.75, 3.05) is 11.9 Å². The van der Waals surface area contributed by atoms with Crippen LogP contribution < -0.4 is 10.6 Å². The molecule has 2 aromatic heterocycles. The van der Waals surface area contributed by atoms with Gasteiger partial charge in [0.05, 0.1) is 22.3 Å². The topological polar surface area (TPSA) is 42.2 Å². The number of aromatic nitrogens is 1. The first-order valence-corrected chi connectivity index (χ1v) is 6.49. The van der Waals surface area contributed by atoms with Crippen LogP contribution in [0.25, 0.3) is 0 Å². The van der Waals surface area contributed by atoms with Crippen molar-refractivity contribution in [2.24, 2.45) is 5.73 Å². The third kappa shape index (κ3) is 2.97. The lowest BCUT2D eigenvalue weighted by atomic mass is 10.2. The van der Waals surface area contributed by atoms with E-state index in [-0.39, 0.29) is 0 Å². The summed E-state index contributed by atoms with van der Waals surface area (Å²) in [5.41, 5.74) is 7.66. The van der Waals surface area contributed by atoms with Gasteiger partial charge in [0.1, 0.15) is 0 Å². The van der Waals surface area contributed by atoms with E-state index in [4.69, 9.17) is 17.3 Å². The van der Waals surface area contributed by atoms with Gasteiger partial charge in [-0.2, -0.15) is 0 Å². The normalized spacial score (nSPS) is 10.5. The van der Waals surface area contributed by atoms with Crippen LogP contribution in [0.5, 0.6) is 0 Å². The third-order valence-corrected chi connectivity index (χ3v) is 3.71. The SMILES string of the molecule is CN(Cc1ccc(Cl)s1)c1cccnc1CN. The van der Waals surface area contributed by atoms with Crippen molar-refractivity contribution in [3.63, 3.8) is 0 Å². The van der Waals surface area contributed by atoms with Crippen molar-refractivity contribution in [3.8, 4) is 0 Å². The van der Waals surface area contributed by atoms with Crippen molar-refractivity contribution in [2.45, 2.75) is 13.1 Å². The van der Waals surface area contributed by atoms with Gasteiger partial charge in [0, 0.05) is 24.7 Å². The molecule has 0 spiro atoms. The Morgan fingerprint density at radius 1 is 1.41 bits per heavy atom. The van der Waals surface area contributed by atoms with Gasteiger partial charge in [0.2, 0.25) is 0 Å². The van der Waals surface area contributed by atoms with Crippen LogP contribution in [0.4, 0.5) is 5.69 Å². The Balaban J connectivity index is 2.16. The first-order chi connectivity index (χ1) is 8.20. The molecule has 2 rings (SSSR count). The predicted molar refractivity (Wildman–Crippen MR) is 73.6 cm³/mol. The average Bonchev–Trinajstić information content (AvgIpc) is 2.74. The highest BCUT2D eigenvalue weighted by Gasteiger charge is 2.08. The lowest BCUT2D eigenvalue weighted by Gasteiger charge is -2.20. The Hall–Kier alpha value is -1.10. The number of halogens is 1. The average molecular weight is 268 g/mol. The fraction of sp³-hybridized carbons (Fsp3) is 0.250. The number of thiophene rings is 1. The minimum Gasteiger partial charge on any atom is -0.368 e. The van der Waals surface area contributed by atoms with Gasteiger partial charge in [-0.25, -0.2) is 0 Å². The van der Waals surface area contributed by atoms with Crippen LogP contribution in [0.15, 0.2) is 30.5 Å². The molecule has 5 heteroatoms. The molecule has 0 saturated carbocycles. The fourth-order valence-corrected chi connectivity index (χ4v) is 2.83. The van der Waals surface area contributed by atoms with Gasteiger partial charge in [-0.05, 0) is 24.3 Å². The quantitative estimate of drug-likeness (QED) is 0.926. The molecule has 2 N–H and O–H groups in total. The molecule has 0 bridgehead atoms. The van der Waals surface area contributed by atoms with Gasteiger partial charge in [-0.1, -0.05) is 11.6 Å². The predicted octanol–water partition coefficient (Wildman–Crippen LogP) is 2.89. The zero-order valence-corrected chi connectivity index (χ0v) is 11.1. The molecule has 0 aliphatic heterocycles. The summed E-state index contributed by atoms with van der Waals surface area (Å²) in [7, 11) is 2.03. The lowest BCUT2D eigenvalue weighted by Crippen LogP contribution is -2.19. The van der Waals surface area contributed by atoms with Crippen molar-refractivity contribution >= 4 is 28.6 Å². The number of nitrogens with zero attached hydrogens (tertiary/aromatic N) is 2. The molecule has 0 aliphatic carbocycles. The smallest absolute Gasteiger partial charge is 0.0931 e. The zero-order valence-electron chi connectivity index (χ0n) is 9.56. The second kappa shape index (κ2) is 5.49. The summed E-state index contributed by atoms with van der Waals surface area (Å²) < 4.78 is 0.818. The molecule has 0 aliphatic rings. The van der Waals surface area contributed by atoms with Crippen LogP contribution in [0.1, 0.15) is 10.6 Å². The molecule has 90 valence electrons. The summed E-state index contributed by atoms with van der Waals surface area (Å²) >= 11 is 7.51. The number of rotatable bonds is 4. The number of pyridine rings is 1. The summed E-state index contributed by atoms with van der Waals surface area (Å²) in [6.07, 6.45) is 1.77. The van der Waals surface area contributed by atoms with E-state index in [1.54, 1.807) is 17.5 Å². The largest absolute Gasteiger partial charge is 0.368 e. The Kier molecular flexibility index (Phi) is 3.99. The minimum absolute atomic E-state index is 0.450.